The van der Waals surface area contributed by atoms with Crippen LogP contribution in [0.1, 0.15) is 44.6 Å². The average molecular weight is 481 g/mol. The van der Waals surface area contributed by atoms with Gasteiger partial charge >= 0.3 is 5.97 Å². The van der Waals surface area contributed by atoms with Gasteiger partial charge in [-0.1, -0.05) is 31.4 Å². The molecule has 0 bridgehead atoms. The molecule has 1 saturated carbocycles. The van der Waals surface area contributed by atoms with Crippen molar-refractivity contribution < 1.29 is 9.90 Å². The number of fused-ring (bicyclic) bond motifs is 1. The third-order valence-corrected chi connectivity index (χ3v) is 8.28. The lowest BCUT2D eigenvalue weighted by atomic mass is 9.75. The predicted octanol–water partition coefficient (Wildman–Crippen LogP) is 2.59. The molecular formula is C26H32N4O3S. The van der Waals surface area contributed by atoms with Crippen molar-refractivity contribution in [2.45, 2.75) is 52.0 Å². The fourth-order valence-corrected chi connectivity index (χ4v) is 6.39. The van der Waals surface area contributed by atoms with Gasteiger partial charge in [0.05, 0.1) is 0 Å². The van der Waals surface area contributed by atoms with Crippen LogP contribution in [0.5, 0.6) is 0 Å². The number of nitrogens with one attached hydrogen (secondary N) is 1. The van der Waals surface area contributed by atoms with Crippen molar-refractivity contribution >= 4 is 34.8 Å². The van der Waals surface area contributed by atoms with Crippen LogP contribution in [0.25, 0.3) is 11.8 Å². The Morgan fingerprint density at radius 2 is 2.09 bits per heavy atom. The quantitative estimate of drug-likeness (QED) is 0.632. The van der Waals surface area contributed by atoms with E-state index in [1.54, 1.807) is 19.2 Å². The first-order chi connectivity index (χ1) is 16.5. The highest BCUT2D eigenvalue weighted by Crippen LogP contribution is 2.36. The highest BCUT2D eigenvalue weighted by molar-refractivity contribution is 7.07. The highest BCUT2D eigenvalue weighted by Gasteiger charge is 2.30. The Morgan fingerprint density at radius 3 is 2.82 bits per heavy atom. The van der Waals surface area contributed by atoms with Gasteiger partial charge in [0.25, 0.3) is 5.56 Å². The van der Waals surface area contributed by atoms with Crippen molar-refractivity contribution in [3.05, 3.63) is 49.4 Å². The molecular weight excluding hydrogens is 448 g/mol. The average Bonchev–Trinajstić information content (AvgIpc) is 3.16. The number of nitriles is 1. The number of carboxylic acids is 1. The van der Waals surface area contributed by atoms with Gasteiger partial charge in [-0.2, -0.15) is 5.26 Å². The Balaban J connectivity index is 1.45. The van der Waals surface area contributed by atoms with E-state index >= 15 is 0 Å². The van der Waals surface area contributed by atoms with E-state index in [0.717, 1.165) is 41.8 Å². The zero-order valence-electron chi connectivity index (χ0n) is 19.6. The van der Waals surface area contributed by atoms with Crippen molar-refractivity contribution in [2.75, 3.05) is 25.0 Å². The van der Waals surface area contributed by atoms with Crippen molar-refractivity contribution in [3.63, 3.8) is 0 Å². The van der Waals surface area contributed by atoms with Crippen molar-refractivity contribution in [1.29, 1.82) is 5.26 Å². The Hall–Kier alpha value is -2.89. The lowest BCUT2D eigenvalue weighted by Gasteiger charge is -2.41. The fourth-order valence-electron chi connectivity index (χ4n) is 5.31. The van der Waals surface area contributed by atoms with Crippen LogP contribution in [0.15, 0.2) is 29.1 Å². The van der Waals surface area contributed by atoms with Crippen LogP contribution in [0.4, 0.5) is 5.69 Å². The highest BCUT2D eigenvalue weighted by atomic mass is 32.1. The Bertz CT molecular complexity index is 1260. The summed E-state index contributed by atoms with van der Waals surface area (Å²) < 4.78 is 1.87. The number of aliphatic carboxylic acids is 1. The first-order valence-corrected chi connectivity index (χ1v) is 13.0. The number of piperidine rings is 1. The summed E-state index contributed by atoms with van der Waals surface area (Å²) in [4.78, 5) is 26.7. The van der Waals surface area contributed by atoms with Gasteiger partial charge in [-0.05, 0) is 62.3 Å². The number of anilines is 1. The van der Waals surface area contributed by atoms with E-state index in [2.05, 4.69) is 22.3 Å². The first-order valence-electron chi connectivity index (χ1n) is 12.2. The van der Waals surface area contributed by atoms with Crippen molar-refractivity contribution in [2.24, 2.45) is 11.8 Å². The second-order valence-corrected chi connectivity index (χ2v) is 10.3. The van der Waals surface area contributed by atoms with Crippen LogP contribution in [-0.4, -0.2) is 40.2 Å². The number of hydrogen-bond donors (Lipinski definition) is 2. The molecule has 1 aliphatic heterocycles. The van der Waals surface area contributed by atoms with Gasteiger partial charge in [0.1, 0.15) is 15.3 Å². The van der Waals surface area contributed by atoms with E-state index in [1.807, 2.05) is 12.1 Å². The largest absolute Gasteiger partial charge is 0.477 e. The Kier molecular flexibility index (Phi) is 7.86. The molecule has 2 fully saturated rings. The summed E-state index contributed by atoms with van der Waals surface area (Å²) in [6.07, 6.45) is 9.54. The van der Waals surface area contributed by atoms with E-state index in [-0.39, 0.29) is 10.2 Å². The van der Waals surface area contributed by atoms with Gasteiger partial charge < -0.3 is 15.3 Å². The summed E-state index contributed by atoms with van der Waals surface area (Å²) in [5.74, 6) is 0.499. The van der Waals surface area contributed by atoms with Crippen LogP contribution < -0.4 is 20.1 Å². The maximum absolute atomic E-state index is 12.7. The minimum atomic E-state index is -1.33. The molecule has 180 valence electrons. The number of hydrogen-bond acceptors (Lipinski definition) is 6. The lowest BCUT2D eigenvalue weighted by molar-refractivity contribution is -0.130. The van der Waals surface area contributed by atoms with E-state index in [4.69, 9.17) is 0 Å². The molecule has 0 spiro atoms. The minimum Gasteiger partial charge on any atom is -0.477 e. The van der Waals surface area contributed by atoms with Crippen LogP contribution in [0.2, 0.25) is 0 Å². The summed E-state index contributed by atoms with van der Waals surface area (Å²) in [6, 6.07) is 9.89. The van der Waals surface area contributed by atoms with Crippen molar-refractivity contribution in [3.8, 4) is 6.07 Å². The molecule has 7 nitrogen and oxygen atoms in total. The maximum atomic E-state index is 12.7. The van der Waals surface area contributed by atoms with Gasteiger partial charge in [0, 0.05) is 31.5 Å². The summed E-state index contributed by atoms with van der Waals surface area (Å²) in [6.45, 7) is 5.55. The SMILES string of the molecule is CCn1c(=C(C#N)C(=O)O)sc(=CNc2cccc(CCN3CC[C@H]4CCCC[C@@H]4C3)c2)c1=O. The predicted molar refractivity (Wildman–Crippen MR) is 135 cm³/mol. The molecule has 2 N–H and O–H groups in total. The van der Waals surface area contributed by atoms with Crippen LogP contribution >= 0.6 is 11.3 Å². The smallest absolute Gasteiger partial charge is 0.349 e. The van der Waals surface area contributed by atoms with E-state index in [1.165, 1.54) is 55.3 Å². The zero-order valence-corrected chi connectivity index (χ0v) is 20.4. The number of nitrogens with zero attached hydrogens (tertiary/aromatic N) is 3. The van der Waals surface area contributed by atoms with Crippen molar-refractivity contribution in [1.82, 2.24) is 9.47 Å². The molecule has 1 aromatic carbocycles. The molecule has 4 rings (SSSR count). The monoisotopic (exact) mass is 480 g/mol. The summed E-state index contributed by atoms with van der Waals surface area (Å²) in [5, 5.41) is 21.7. The zero-order chi connectivity index (χ0) is 24.1. The minimum absolute atomic E-state index is 0.172. The Labute approximate surface area is 203 Å². The van der Waals surface area contributed by atoms with Gasteiger partial charge in [-0.15, -0.1) is 11.3 Å². The van der Waals surface area contributed by atoms with Crippen LogP contribution in [-0.2, 0) is 17.8 Å². The number of thiazole rings is 1. The van der Waals surface area contributed by atoms with E-state index in [9.17, 15) is 20.0 Å². The van der Waals surface area contributed by atoms with E-state index in [0.29, 0.717) is 11.1 Å². The molecule has 34 heavy (non-hydrogen) atoms. The van der Waals surface area contributed by atoms with E-state index < -0.39 is 11.5 Å². The normalized spacial score (nSPS) is 22.1. The molecule has 8 heteroatoms. The fraction of sp³-hybridized carbons (Fsp3) is 0.500. The lowest BCUT2D eigenvalue weighted by Crippen LogP contribution is -2.42. The molecule has 2 aliphatic rings. The third kappa shape index (κ3) is 5.43. The van der Waals surface area contributed by atoms with Crippen LogP contribution in [0, 0.1) is 23.2 Å². The first kappa shape index (κ1) is 24.2. The third-order valence-electron chi connectivity index (χ3n) is 7.15. The van der Waals surface area contributed by atoms with Gasteiger partial charge in [0.2, 0.25) is 0 Å². The number of benzene rings is 1. The number of aromatic nitrogens is 1. The second-order valence-electron chi connectivity index (χ2n) is 9.25. The van der Waals surface area contributed by atoms with Gasteiger partial charge in [0.15, 0.2) is 5.57 Å². The molecule has 0 unspecified atom stereocenters. The molecule has 2 heterocycles. The molecule has 1 saturated heterocycles. The molecule has 2 atom stereocenters. The molecule has 1 aromatic heterocycles. The molecule has 2 aromatic rings. The maximum Gasteiger partial charge on any atom is 0.349 e. The number of carbonyl (C=O) groups is 1. The number of likely N-dealkylation sites (tertiary alicyclic amines) is 1. The molecule has 0 amide bonds. The Morgan fingerprint density at radius 1 is 1.29 bits per heavy atom. The summed E-state index contributed by atoms with van der Waals surface area (Å²) in [7, 11) is 0. The second kappa shape index (κ2) is 11.0. The summed E-state index contributed by atoms with van der Waals surface area (Å²) in [5.41, 5.74) is 1.41. The van der Waals surface area contributed by atoms with Gasteiger partial charge in [-0.25, -0.2) is 4.79 Å². The van der Waals surface area contributed by atoms with Gasteiger partial charge in [-0.3, -0.25) is 9.36 Å². The summed E-state index contributed by atoms with van der Waals surface area (Å²) >= 11 is 1.02. The molecule has 1 aliphatic carbocycles. The number of rotatable bonds is 7. The number of carboxylic acid groups (broad SMARTS) is 1. The molecule has 0 radical (unpaired) electrons. The topological polar surface area (TPSA) is 98.4 Å². The standard InChI is InChI=1S/C26H32N4O3S/c1-2-30-24(31)23(34-25(30)22(15-27)26(32)33)16-28-21-9-5-6-18(14-21)10-12-29-13-11-19-7-3-4-8-20(19)17-29/h5-6,9,14,16,19-20,28H,2-4,7-8,10-13,17H2,1H3,(H,32,33)/t19-,20-/m1/s1. The van der Waals surface area contributed by atoms with Crippen LogP contribution in [0.3, 0.4) is 0 Å².